The first-order valence-corrected chi connectivity index (χ1v) is 5.63. The van der Waals surface area contributed by atoms with Crippen LogP contribution in [0, 0.1) is 0 Å². The predicted molar refractivity (Wildman–Crippen MR) is 66.3 cm³/mol. The predicted octanol–water partition coefficient (Wildman–Crippen LogP) is 3.22. The van der Waals surface area contributed by atoms with Crippen molar-refractivity contribution >= 4 is 40.0 Å². The standard InChI is InChI=1S/C11H10Cl2N2O/c1-2-14-11(16)9-4-6-3-7(12)5-8(13)10(6)15-9/h3-5,15H,2H2,1H3,(H,14,16). The highest BCUT2D eigenvalue weighted by atomic mass is 35.5. The number of carbonyl (C=O) groups excluding carboxylic acids is 1. The summed E-state index contributed by atoms with van der Waals surface area (Å²) >= 11 is 11.9. The van der Waals surface area contributed by atoms with Crippen LogP contribution in [0.15, 0.2) is 18.2 Å². The van der Waals surface area contributed by atoms with E-state index in [1.165, 1.54) is 0 Å². The van der Waals surface area contributed by atoms with Gasteiger partial charge in [0.05, 0.1) is 10.5 Å². The Bertz CT molecular complexity index is 548. The molecule has 2 rings (SSSR count). The van der Waals surface area contributed by atoms with Gasteiger partial charge in [-0.2, -0.15) is 0 Å². The summed E-state index contributed by atoms with van der Waals surface area (Å²) in [5, 5.41) is 4.61. The molecule has 0 radical (unpaired) electrons. The number of halogens is 2. The smallest absolute Gasteiger partial charge is 0.267 e. The van der Waals surface area contributed by atoms with Gasteiger partial charge in [-0.3, -0.25) is 4.79 Å². The maximum atomic E-state index is 11.6. The SMILES string of the molecule is CCNC(=O)c1cc2cc(Cl)cc(Cl)c2[nH]1. The first kappa shape index (κ1) is 11.3. The van der Waals surface area contributed by atoms with Crippen molar-refractivity contribution in [2.45, 2.75) is 6.92 Å². The van der Waals surface area contributed by atoms with E-state index in [0.29, 0.717) is 22.3 Å². The Hall–Kier alpha value is -1.19. The minimum Gasteiger partial charge on any atom is -0.351 e. The molecule has 1 amide bonds. The van der Waals surface area contributed by atoms with Crippen LogP contribution < -0.4 is 5.32 Å². The quantitative estimate of drug-likeness (QED) is 0.852. The van der Waals surface area contributed by atoms with Gasteiger partial charge >= 0.3 is 0 Å². The van der Waals surface area contributed by atoms with Gasteiger partial charge in [0.15, 0.2) is 0 Å². The van der Waals surface area contributed by atoms with Crippen molar-refractivity contribution in [1.29, 1.82) is 0 Å². The van der Waals surface area contributed by atoms with Crippen LogP contribution >= 0.6 is 23.2 Å². The van der Waals surface area contributed by atoms with E-state index in [1.807, 2.05) is 6.92 Å². The highest BCUT2D eigenvalue weighted by Crippen LogP contribution is 2.27. The zero-order valence-corrected chi connectivity index (χ0v) is 10.1. The summed E-state index contributed by atoms with van der Waals surface area (Å²) in [7, 11) is 0. The summed E-state index contributed by atoms with van der Waals surface area (Å²) in [4.78, 5) is 14.6. The third-order valence-electron chi connectivity index (χ3n) is 2.23. The van der Waals surface area contributed by atoms with Crippen LogP contribution in [0.4, 0.5) is 0 Å². The number of benzene rings is 1. The number of H-pyrrole nitrogens is 1. The van der Waals surface area contributed by atoms with Crippen molar-refractivity contribution in [2.75, 3.05) is 6.54 Å². The Kier molecular flexibility index (Phi) is 3.08. The number of carbonyl (C=O) groups is 1. The minimum atomic E-state index is -0.147. The lowest BCUT2D eigenvalue weighted by Crippen LogP contribution is -2.22. The fourth-order valence-corrected chi connectivity index (χ4v) is 2.10. The molecule has 0 saturated heterocycles. The lowest BCUT2D eigenvalue weighted by Gasteiger charge is -1.97. The number of aromatic nitrogens is 1. The second-order valence-electron chi connectivity index (χ2n) is 3.39. The molecule has 5 heteroatoms. The first-order valence-electron chi connectivity index (χ1n) is 4.87. The molecule has 0 aliphatic carbocycles. The average molecular weight is 257 g/mol. The Morgan fingerprint density at radius 3 is 2.81 bits per heavy atom. The zero-order chi connectivity index (χ0) is 11.7. The molecule has 0 saturated carbocycles. The van der Waals surface area contributed by atoms with Gasteiger partial charge in [0.2, 0.25) is 0 Å². The van der Waals surface area contributed by atoms with Gasteiger partial charge in [0.1, 0.15) is 5.69 Å². The molecule has 0 fully saturated rings. The maximum Gasteiger partial charge on any atom is 0.267 e. The molecule has 0 bridgehead atoms. The Balaban J connectivity index is 2.51. The van der Waals surface area contributed by atoms with Gasteiger partial charge in [0, 0.05) is 17.0 Å². The van der Waals surface area contributed by atoms with Gasteiger partial charge in [0.25, 0.3) is 5.91 Å². The maximum absolute atomic E-state index is 11.6. The fourth-order valence-electron chi connectivity index (χ4n) is 1.54. The van der Waals surface area contributed by atoms with Crippen molar-refractivity contribution in [3.8, 4) is 0 Å². The summed E-state index contributed by atoms with van der Waals surface area (Å²) in [6.07, 6.45) is 0. The van der Waals surface area contributed by atoms with Crippen molar-refractivity contribution in [1.82, 2.24) is 10.3 Å². The van der Waals surface area contributed by atoms with Gasteiger partial charge in [-0.1, -0.05) is 23.2 Å². The lowest BCUT2D eigenvalue weighted by molar-refractivity contribution is 0.0951. The van der Waals surface area contributed by atoms with Crippen LogP contribution in [-0.2, 0) is 0 Å². The average Bonchev–Trinajstić information content (AvgIpc) is 2.62. The molecule has 3 nitrogen and oxygen atoms in total. The summed E-state index contributed by atoms with van der Waals surface area (Å²) in [6, 6.07) is 5.14. The van der Waals surface area contributed by atoms with E-state index in [2.05, 4.69) is 10.3 Å². The fraction of sp³-hybridized carbons (Fsp3) is 0.182. The summed E-state index contributed by atoms with van der Waals surface area (Å²) in [6.45, 7) is 2.45. The minimum absolute atomic E-state index is 0.147. The molecule has 1 aromatic carbocycles. The van der Waals surface area contributed by atoms with E-state index in [9.17, 15) is 4.79 Å². The highest BCUT2D eigenvalue weighted by Gasteiger charge is 2.10. The van der Waals surface area contributed by atoms with E-state index < -0.39 is 0 Å². The summed E-state index contributed by atoms with van der Waals surface area (Å²) in [5.41, 5.74) is 1.22. The number of amides is 1. The van der Waals surface area contributed by atoms with Crippen molar-refractivity contribution in [3.05, 3.63) is 33.9 Å². The monoisotopic (exact) mass is 256 g/mol. The molecular weight excluding hydrogens is 247 g/mol. The van der Waals surface area contributed by atoms with Crippen LogP contribution in [0.2, 0.25) is 10.0 Å². The first-order chi connectivity index (χ1) is 7.61. The van der Waals surface area contributed by atoms with Gasteiger partial charge in [-0.05, 0) is 25.1 Å². The largest absolute Gasteiger partial charge is 0.351 e. The van der Waals surface area contributed by atoms with Crippen LogP contribution in [-0.4, -0.2) is 17.4 Å². The van der Waals surface area contributed by atoms with E-state index in [-0.39, 0.29) is 5.91 Å². The molecular formula is C11H10Cl2N2O. The lowest BCUT2D eigenvalue weighted by atomic mass is 10.2. The zero-order valence-electron chi connectivity index (χ0n) is 8.60. The molecule has 1 aromatic heterocycles. The van der Waals surface area contributed by atoms with Gasteiger partial charge in [-0.15, -0.1) is 0 Å². The van der Waals surface area contributed by atoms with Gasteiger partial charge in [-0.25, -0.2) is 0 Å². The van der Waals surface area contributed by atoms with Crippen molar-refractivity contribution < 1.29 is 4.79 Å². The molecule has 0 aliphatic rings. The molecule has 0 atom stereocenters. The van der Waals surface area contributed by atoms with E-state index in [1.54, 1.807) is 18.2 Å². The molecule has 0 aliphatic heterocycles. The molecule has 2 N–H and O–H groups in total. The Morgan fingerprint density at radius 1 is 1.38 bits per heavy atom. The Morgan fingerprint density at radius 2 is 2.12 bits per heavy atom. The number of fused-ring (bicyclic) bond motifs is 1. The van der Waals surface area contributed by atoms with Gasteiger partial charge < -0.3 is 10.3 Å². The molecule has 0 spiro atoms. The molecule has 0 unspecified atom stereocenters. The second kappa shape index (κ2) is 4.36. The summed E-state index contributed by atoms with van der Waals surface area (Å²) < 4.78 is 0. The molecule has 16 heavy (non-hydrogen) atoms. The highest BCUT2D eigenvalue weighted by molar-refractivity contribution is 6.38. The van der Waals surface area contributed by atoms with Crippen LogP contribution in [0.1, 0.15) is 17.4 Å². The van der Waals surface area contributed by atoms with E-state index >= 15 is 0 Å². The number of hydrogen-bond acceptors (Lipinski definition) is 1. The number of rotatable bonds is 2. The van der Waals surface area contributed by atoms with Crippen LogP contribution in [0.25, 0.3) is 10.9 Å². The Labute approximate surface area is 103 Å². The van der Waals surface area contributed by atoms with E-state index in [4.69, 9.17) is 23.2 Å². The normalized spacial score (nSPS) is 10.7. The van der Waals surface area contributed by atoms with E-state index in [0.717, 1.165) is 10.9 Å². The summed E-state index contributed by atoms with van der Waals surface area (Å²) in [5.74, 6) is -0.147. The number of hydrogen-bond donors (Lipinski definition) is 2. The molecule has 84 valence electrons. The van der Waals surface area contributed by atoms with Crippen LogP contribution in [0.5, 0.6) is 0 Å². The molecule has 1 heterocycles. The number of nitrogens with one attached hydrogen (secondary N) is 2. The van der Waals surface area contributed by atoms with Crippen molar-refractivity contribution in [2.24, 2.45) is 0 Å². The van der Waals surface area contributed by atoms with Crippen molar-refractivity contribution in [3.63, 3.8) is 0 Å². The third kappa shape index (κ3) is 2.01. The topological polar surface area (TPSA) is 44.9 Å². The number of aromatic amines is 1. The molecule has 2 aromatic rings. The third-order valence-corrected chi connectivity index (χ3v) is 2.74. The second-order valence-corrected chi connectivity index (χ2v) is 4.24. The van der Waals surface area contributed by atoms with Crippen LogP contribution in [0.3, 0.4) is 0 Å².